The van der Waals surface area contributed by atoms with Crippen molar-refractivity contribution < 1.29 is 9.53 Å². The van der Waals surface area contributed by atoms with Crippen molar-refractivity contribution >= 4 is 5.91 Å². The zero-order valence-corrected chi connectivity index (χ0v) is 11.9. The summed E-state index contributed by atoms with van der Waals surface area (Å²) in [6, 6.07) is 0.565. The summed E-state index contributed by atoms with van der Waals surface area (Å²) in [5.74, 6) is 1.64. The van der Waals surface area contributed by atoms with E-state index in [0.717, 1.165) is 45.5 Å². The number of likely N-dealkylation sites (tertiary alicyclic amines) is 1. The summed E-state index contributed by atoms with van der Waals surface area (Å²) >= 11 is 0. The molecule has 1 aliphatic carbocycles. The maximum Gasteiger partial charge on any atom is 0.222 e. The minimum atomic E-state index is 0.371. The molecule has 19 heavy (non-hydrogen) atoms. The largest absolute Gasteiger partial charge is 0.378 e. The summed E-state index contributed by atoms with van der Waals surface area (Å²) in [6.45, 7) is 5.88. The normalized spacial score (nSPS) is 37.8. The summed E-state index contributed by atoms with van der Waals surface area (Å²) in [7, 11) is 0. The molecule has 3 fully saturated rings. The Morgan fingerprint density at radius 3 is 2.95 bits per heavy atom. The third-order valence-electron chi connectivity index (χ3n) is 5.01. The number of carbonyl (C=O) groups is 1. The van der Waals surface area contributed by atoms with Gasteiger partial charge in [-0.05, 0) is 51.0 Å². The monoisotopic (exact) mass is 266 g/mol. The van der Waals surface area contributed by atoms with E-state index in [1.807, 2.05) is 6.92 Å². The molecule has 108 valence electrons. The predicted molar refractivity (Wildman–Crippen MR) is 73.8 cm³/mol. The van der Waals surface area contributed by atoms with E-state index in [-0.39, 0.29) is 0 Å². The van der Waals surface area contributed by atoms with Gasteiger partial charge in [-0.2, -0.15) is 0 Å². The lowest BCUT2D eigenvalue weighted by Gasteiger charge is -2.35. The molecular formula is C15H26N2O2. The van der Waals surface area contributed by atoms with Crippen LogP contribution in [-0.4, -0.2) is 49.2 Å². The molecule has 0 aromatic rings. The smallest absolute Gasteiger partial charge is 0.222 e. The quantitative estimate of drug-likeness (QED) is 0.836. The lowest BCUT2D eigenvalue weighted by Crippen LogP contribution is -2.41. The first-order valence-corrected chi connectivity index (χ1v) is 7.89. The molecule has 4 heteroatoms. The molecule has 4 nitrogen and oxygen atoms in total. The van der Waals surface area contributed by atoms with Gasteiger partial charge in [-0.25, -0.2) is 0 Å². The van der Waals surface area contributed by atoms with Crippen molar-refractivity contribution in [3.05, 3.63) is 0 Å². The van der Waals surface area contributed by atoms with Gasteiger partial charge >= 0.3 is 0 Å². The van der Waals surface area contributed by atoms with Gasteiger partial charge in [0.25, 0.3) is 0 Å². The van der Waals surface area contributed by atoms with E-state index in [0.29, 0.717) is 29.9 Å². The Bertz CT molecular complexity index is 314. The van der Waals surface area contributed by atoms with E-state index >= 15 is 0 Å². The summed E-state index contributed by atoms with van der Waals surface area (Å²) in [4.78, 5) is 14.4. The molecule has 0 radical (unpaired) electrons. The summed E-state index contributed by atoms with van der Waals surface area (Å²) in [5, 5.41) is 3.56. The molecule has 3 rings (SSSR count). The van der Waals surface area contributed by atoms with E-state index in [1.54, 1.807) is 0 Å². The van der Waals surface area contributed by atoms with Crippen LogP contribution in [0.4, 0.5) is 0 Å². The zero-order chi connectivity index (χ0) is 13.2. The maximum atomic E-state index is 12.3. The van der Waals surface area contributed by atoms with E-state index in [1.165, 1.54) is 12.8 Å². The van der Waals surface area contributed by atoms with Crippen LogP contribution < -0.4 is 5.32 Å². The number of hydrogen-bond acceptors (Lipinski definition) is 3. The molecule has 0 bridgehead atoms. The number of hydrogen-bond donors (Lipinski definition) is 1. The van der Waals surface area contributed by atoms with Crippen molar-refractivity contribution in [2.24, 2.45) is 11.8 Å². The minimum absolute atomic E-state index is 0.371. The second-order valence-corrected chi connectivity index (χ2v) is 6.38. The number of rotatable bonds is 4. The highest BCUT2D eigenvalue weighted by Gasteiger charge is 2.38. The molecule has 2 aliphatic heterocycles. The average molecular weight is 266 g/mol. The van der Waals surface area contributed by atoms with Crippen molar-refractivity contribution in [3.63, 3.8) is 0 Å². The molecule has 3 aliphatic rings. The topological polar surface area (TPSA) is 41.6 Å². The van der Waals surface area contributed by atoms with E-state index in [9.17, 15) is 4.79 Å². The van der Waals surface area contributed by atoms with Crippen molar-refractivity contribution in [2.75, 3.05) is 26.2 Å². The van der Waals surface area contributed by atoms with Gasteiger partial charge in [-0.15, -0.1) is 0 Å². The number of ether oxygens (including phenoxy) is 1. The van der Waals surface area contributed by atoms with Crippen LogP contribution in [0.2, 0.25) is 0 Å². The Balaban J connectivity index is 1.42. The lowest BCUT2D eigenvalue weighted by atomic mass is 9.80. The summed E-state index contributed by atoms with van der Waals surface area (Å²) < 4.78 is 5.56. The van der Waals surface area contributed by atoms with Gasteiger partial charge in [0, 0.05) is 32.2 Å². The highest BCUT2D eigenvalue weighted by atomic mass is 16.5. The van der Waals surface area contributed by atoms with Gasteiger partial charge in [-0.3, -0.25) is 4.79 Å². The third-order valence-corrected chi connectivity index (χ3v) is 5.01. The Morgan fingerprint density at radius 1 is 1.37 bits per heavy atom. The van der Waals surface area contributed by atoms with Gasteiger partial charge in [0.2, 0.25) is 5.91 Å². The van der Waals surface area contributed by atoms with E-state index in [2.05, 4.69) is 10.2 Å². The number of amides is 1. The molecule has 1 saturated carbocycles. The second kappa shape index (κ2) is 5.80. The van der Waals surface area contributed by atoms with Gasteiger partial charge < -0.3 is 15.0 Å². The molecule has 0 aromatic carbocycles. The Hall–Kier alpha value is -0.610. The van der Waals surface area contributed by atoms with Crippen LogP contribution in [0.25, 0.3) is 0 Å². The molecule has 0 spiro atoms. The summed E-state index contributed by atoms with van der Waals surface area (Å²) in [5.41, 5.74) is 0. The minimum Gasteiger partial charge on any atom is -0.378 e. The first-order valence-electron chi connectivity index (χ1n) is 7.89. The Labute approximate surface area is 115 Å². The second-order valence-electron chi connectivity index (χ2n) is 6.38. The van der Waals surface area contributed by atoms with E-state index in [4.69, 9.17) is 4.74 Å². The van der Waals surface area contributed by atoms with Crippen LogP contribution in [0.15, 0.2) is 0 Å². The van der Waals surface area contributed by atoms with Gasteiger partial charge in [0.15, 0.2) is 0 Å². The molecule has 2 atom stereocenters. The molecule has 1 N–H and O–H groups in total. The molecule has 2 heterocycles. The van der Waals surface area contributed by atoms with Gasteiger partial charge in [0.1, 0.15) is 0 Å². The van der Waals surface area contributed by atoms with Crippen LogP contribution in [0, 0.1) is 11.8 Å². The van der Waals surface area contributed by atoms with Crippen molar-refractivity contribution in [1.82, 2.24) is 10.2 Å². The lowest BCUT2D eigenvalue weighted by molar-refractivity contribution is -0.133. The number of nitrogens with zero attached hydrogens (tertiary/aromatic N) is 1. The standard InChI is InChI=1S/C15H26N2O2/c1-2-19-13-6-11(7-13)8-15(18)17-9-12-4-3-5-16-14(12)10-17/h11-14,16H,2-10H2,1H3/t11?,12-,13?,14+/m0/s1. The number of nitrogens with one attached hydrogen (secondary N) is 1. The predicted octanol–water partition coefficient (Wildman–Crippen LogP) is 1.40. The van der Waals surface area contributed by atoms with Crippen LogP contribution in [0.5, 0.6) is 0 Å². The van der Waals surface area contributed by atoms with Crippen LogP contribution in [0.3, 0.4) is 0 Å². The van der Waals surface area contributed by atoms with E-state index < -0.39 is 0 Å². The molecule has 1 amide bonds. The van der Waals surface area contributed by atoms with Crippen LogP contribution in [-0.2, 0) is 9.53 Å². The van der Waals surface area contributed by atoms with Crippen molar-refractivity contribution in [3.8, 4) is 0 Å². The Kier molecular flexibility index (Phi) is 4.08. The fourth-order valence-electron chi connectivity index (χ4n) is 3.84. The number of fused-ring (bicyclic) bond motifs is 1. The number of carbonyl (C=O) groups excluding carboxylic acids is 1. The Morgan fingerprint density at radius 2 is 2.21 bits per heavy atom. The third kappa shape index (κ3) is 2.95. The van der Waals surface area contributed by atoms with Gasteiger partial charge in [0.05, 0.1) is 6.10 Å². The van der Waals surface area contributed by atoms with Crippen molar-refractivity contribution in [2.45, 2.75) is 51.2 Å². The first kappa shape index (κ1) is 13.4. The maximum absolute atomic E-state index is 12.3. The van der Waals surface area contributed by atoms with Gasteiger partial charge in [-0.1, -0.05) is 0 Å². The molecule has 0 unspecified atom stereocenters. The highest BCUT2D eigenvalue weighted by molar-refractivity contribution is 5.77. The van der Waals surface area contributed by atoms with Crippen LogP contribution >= 0.6 is 0 Å². The fourth-order valence-corrected chi connectivity index (χ4v) is 3.84. The molecule has 0 aromatic heterocycles. The number of piperidine rings is 1. The SMILES string of the molecule is CCOC1CC(CC(=O)N2C[C@@H]3CCCN[C@@H]3C2)C1. The molecular weight excluding hydrogens is 240 g/mol. The fraction of sp³-hybridized carbons (Fsp3) is 0.933. The van der Waals surface area contributed by atoms with Crippen LogP contribution in [0.1, 0.15) is 39.0 Å². The average Bonchev–Trinajstić information content (AvgIpc) is 2.80. The zero-order valence-electron chi connectivity index (χ0n) is 11.9. The molecule has 2 saturated heterocycles. The summed E-state index contributed by atoms with van der Waals surface area (Å²) in [6.07, 6.45) is 5.88. The highest BCUT2D eigenvalue weighted by Crippen LogP contribution is 2.34. The van der Waals surface area contributed by atoms with Crippen molar-refractivity contribution in [1.29, 1.82) is 0 Å². The first-order chi connectivity index (χ1) is 9.26.